The van der Waals surface area contributed by atoms with Crippen molar-refractivity contribution in [2.75, 3.05) is 38.4 Å². The highest BCUT2D eigenvalue weighted by Gasteiger charge is 2.15. The van der Waals surface area contributed by atoms with E-state index in [0.717, 1.165) is 22.4 Å². The third kappa shape index (κ3) is 4.20. The molecule has 0 saturated heterocycles. The van der Waals surface area contributed by atoms with Crippen LogP contribution in [0.4, 0.5) is 17.5 Å². The van der Waals surface area contributed by atoms with Crippen LogP contribution < -0.4 is 10.2 Å². The van der Waals surface area contributed by atoms with Crippen LogP contribution in [0, 0.1) is 6.92 Å². The van der Waals surface area contributed by atoms with Gasteiger partial charge in [-0.3, -0.25) is 0 Å². The summed E-state index contributed by atoms with van der Waals surface area (Å²) in [5.41, 5.74) is 3.21. The van der Waals surface area contributed by atoms with Crippen LogP contribution in [0.3, 0.4) is 0 Å². The Hall–Kier alpha value is -2.65. The number of rotatable bonds is 6. The van der Waals surface area contributed by atoms with E-state index in [1.54, 1.807) is 6.07 Å². The number of hydrogen-bond donors (Lipinski definition) is 2. The molecule has 3 rings (SSSR count). The average molecular weight is 388 g/mol. The summed E-state index contributed by atoms with van der Waals surface area (Å²) in [5.74, 6) is 1.19. The molecule has 0 atom stereocenters. The highest BCUT2D eigenvalue weighted by atomic mass is 32.2. The minimum absolute atomic E-state index is 0.0546. The molecule has 0 amide bonds. The zero-order valence-electron chi connectivity index (χ0n) is 16.1. The second kappa shape index (κ2) is 7.16. The van der Waals surface area contributed by atoms with Gasteiger partial charge in [-0.25, -0.2) is 12.7 Å². The number of sulfonamides is 1. The molecule has 0 spiro atoms. The molecular weight excluding hydrogens is 364 g/mol. The van der Waals surface area contributed by atoms with Crippen molar-refractivity contribution < 1.29 is 8.42 Å². The third-order valence-corrected chi connectivity index (χ3v) is 5.92. The number of nitrogens with zero attached hydrogens (tertiary/aromatic N) is 4. The van der Waals surface area contributed by atoms with Crippen molar-refractivity contribution in [3.63, 3.8) is 0 Å². The molecule has 9 heteroatoms. The van der Waals surface area contributed by atoms with Crippen molar-refractivity contribution in [2.45, 2.75) is 12.7 Å². The molecule has 2 heterocycles. The monoisotopic (exact) mass is 388 g/mol. The second-order valence-electron chi connectivity index (χ2n) is 6.85. The fourth-order valence-electron chi connectivity index (χ4n) is 2.64. The molecule has 0 bridgehead atoms. The van der Waals surface area contributed by atoms with E-state index in [-0.39, 0.29) is 5.75 Å². The third-order valence-electron chi connectivity index (χ3n) is 4.11. The second-order valence-corrected chi connectivity index (χ2v) is 9.03. The van der Waals surface area contributed by atoms with E-state index in [1.807, 2.05) is 50.2 Å². The molecule has 0 aliphatic rings. The van der Waals surface area contributed by atoms with Crippen LogP contribution in [0.5, 0.6) is 0 Å². The van der Waals surface area contributed by atoms with Gasteiger partial charge in [0.1, 0.15) is 11.5 Å². The minimum atomic E-state index is -3.32. The number of hydrogen-bond acceptors (Lipinski definition) is 6. The van der Waals surface area contributed by atoms with Crippen molar-refractivity contribution in [3.05, 3.63) is 41.6 Å². The molecule has 0 aliphatic heterocycles. The molecule has 0 radical (unpaired) electrons. The lowest BCUT2D eigenvalue weighted by Crippen LogP contribution is -2.23. The van der Waals surface area contributed by atoms with E-state index in [2.05, 4.69) is 20.3 Å². The maximum atomic E-state index is 12.1. The zero-order valence-corrected chi connectivity index (χ0v) is 16.9. The van der Waals surface area contributed by atoms with Gasteiger partial charge in [0, 0.05) is 39.6 Å². The molecule has 1 aromatic carbocycles. The summed E-state index contributed by atoms with van der Waals surface area (Å²) in [6, 6.07) is 9.32. The van der Waals surface area contributed by atoms with Gasteiger partial charge in [-0.05, 0) is 30.7 Å². The quantitative estimate of drug-likeness (QED) is 0.674. The summed E-state index contributed by atoms with van der Waals surface area (Å²) in [7, 11) is 3.51. The Labute approximate surface area is 159 Å². The molecule has 2 N–H and O–H groups in total. The van der Waals surface area contributed by atoms with Gasteiger partial charge >= 0.3 is 0 Å². The van der Waals surface area contributed by atoms with Gasteiger partial charge in [-0.1, -0.05) is 12.1 Å². The Morgan fingerprint density at radius 2 is 1.85 bits per heavy atom. The normalized spacial score (nSPS) is 11.9. The number of nitrogens with one attached hydrogen (secondary N) is 2. The van der Waals surface area contributed by atoms with Crippen molar-refractivity contribution in [1.29, 1.82) is 0 Å². The lowest BCUT2D eigenvalue weighted by Gasteiger charge is -2.14. The largest absolute Gasteiger partial charge is 0.347 e. The first-order valence-corrected chi connectivity index (χ1v) is 10.1. The van der Waals surface area contributed by atoms with Crippen molar-refractivity contribution in [3.8, 4) is 0 Å². The van der Waals surface area contributed by atoms with E-state index in [1.165, 1.54) is 18.4 Å². The van der Waals surface area contributed by atoms with Gasteiger partial charge in [0.2, 0.25) is 16.0 Å². The summed E-state index contributed by atoms with van der Waals surface area (Å²) in [6.45, 7) is 1.97. The molecule has 2 aromatic heterocycles. The Bertz CT molecular complexity index is 1070. The molecule has 0 fully saturated rings. The highest BCUT2D eigenvalue weighted by molar-refractivity contribution is 7.88. The van der Waals surface area contributed by atoms with Crippen LogP contribution in [-0.2, 0) is 15.8 Å². The van der Waals surface area contributed by atoms with Crippen LogP contribution in [0.2, 0.25) is 0 Å². The maximum absolute atomic E-state index is 12.1. The predicted octanol–water partition coefficient (Wildman–Crippen LogP) is 2.47. The molecular formula is C18H24N6O2S. The van der Waals surface area contributed by atoms with Gasteiger partial charge in [0.25, 0.3) is 0 Å². The molecule has 27 heavy (non-hydrogen) atoms. The highest BCUT2D eigenvalue weighted by Crippen LogP contribution is 2.27. The Kier molecular flexibility index (Phi) is 5.07. The van der Waals surface area contributed by atoms with E-state index in [0.29, 0.717) is 17.3 Å². The summed E-state index contributed by atoms with van der Waals surface area (Å²) in [5, 5.41) is 4.18. The van der Waals surface area contributed by atoms with Gasteiger partial charge < -0.3 is 15.2 Å². The fourth-order valence-corrected chi connectivity index (χ4v) is 3.50. The topological polar surface area (TPSA) is 94.2 Å². The molecule has 0 unspecified atom stereocenters. The van der Waals surface area contributed by atoms with Crippen LogP contribution in [-0.4, -0.2) is 55.9 Å². The number of aromatic amines is 1. The summed E-state index contributed by atoms with van der Waals surface area (Å²) in [4.78, 5) is 14.2. The van der Waals surface area contributed by atoms with Gasteiger partial charge in [-0.15, -0.1) is 0 Å². The van der Waals surface area contributed by atoms with Crippen LogP contribution >= 0.6 is 0 Å². The van der Waals surface area contributed by atoms with Crippen LogP contribution in [0.15, 0.2) is 30.3 Å². The number of aryl methyl sites for hydroxylation is 1. The zero-order chi connectivity index (χ0) is 19.8. The standard InChI is InChI=1S/C18H24N6O2S/c1-12-9-15-16(19-12)21-18(23(2)3)22-17(15)20-14-8-6-7-13(10-14)11-27(25,26)24(4)5/h6-10H,11H2,1-5H3,(H2,19,20,21,22). The average Bonchev–Trinajstić information content (AvgIpc) is 2.95. The number of fused-ring (bicyclic) bond motifs is 1. The summed E-state index contributed by atoms with van der Waals surface area (Å²) in [6.07, 6.45) is 0. The van der Waals surface area contributed by atoms with Crippen molar-refractivity contribution >= 4 is 38.5 Å². The van der Waals surface area contributed by atoms with E-state index >= 15 is 0 Å². The summed E-state index contributed by atoms with van der Waals surface area (Å²) < 4.78 is 25.5. The molecule has 8 nitrogen and oxygen atoms in total. The van der Waals surface area contributed by atoms with Gasteiger partial charge in [0.05, 0.1) is 11.1 Å². The predicted molar refractivity (Wildman–Crippen MR) is 109 cm³/mol. The first kappa shape index (κ1) is 19.1. The Morgan fingerprint density at radius 1 is 1.11 bits per heavy atom. The summed E-state index contributed by atoms with van der Waals surface area (Å²) >= 11 is 0. The van der Waals surface area contributed by atoms with Gasteiger partial charge in [-0.2, -0.15) is 9.97 Å². The molecule has 0 saturated carbocycles. The molecule has 3 aromatic rings. The SMILES string of the molecule is Cc1cc2c(Nc3cccc(CS(=O)(=O)N(C)C)c3)nc(N(C)C)nc2[nH]1. The number of anilines is 3. The Balaban J connectivity index is 1.97. The van der Waals surface area contributed by atoms with Crippen molar-refractivity contribution in [1.82, 2.24) is 19.3 Å². The van der Waals surface area contributed by atoms with Crippen LogP contribution in [0.1, 0.15) is 11.3 Å². The first-order valence-electron chi connectivity index (χ1n) is 8.46. The van der Waals surface area contributed by atoms with E-state index in [4.69, 9.17) is 0 Å². The van der Waals surface area contributed by atoms with E-state index in [9.17, 15) is 8.42 Å². The molecule has 0 aliphatic carbocycles. The van der Waals surface area contributed by atoms with E-state index < -0.39 is 10.0 Å². The smallest absolute Gasteiger partial charge is 0.228 e. The Morgan fingerprint density at radius 3 is 2.52 bits per heavy atom. The number of H-pyrrole nitrogens is 1. The molecule has 144 valence electrons. The minimum Gasteiger partial charge on any atom is -0.347 e. The lowest BCUT2D eigenvalue weighted by atomic mass is 10.2. The fraction of sp³-hybridized carbons (Fsp3) is 0.333. The van der Waals surface area contributed by atoms with Crippen LogP contribution in [0.25, 0.3) is 11.0 Å². The van der Waals surface area contributed by atoms with Crippen molar-refractivity contribution in [2.24, 2.45) is 0 Å². The number of aromatic nitrogens is 3. The first-order chi connectivity index (χ1) is 12.7. The number of benzene rings is 1. The van der Waals surface area contributed by atoms with Gasteiger partial charge in [0.15, 0.2) is 0 Å². The maximum Gasteiger partial charge on any atom is 0.228 e. The lowest BCUT2D eigenvalue weighted by molar-refractivity contribution is 0.520.